The summed E-state index contributed by atoms with van der Waals surface area (Å²) in [6.07, 6.45) is 1.56. The van der Waals surface area contributed by atoms with Crippen LogP contribution in [0.4, 0.5) is 6.01 Å². The van der Waals surface area contributed by atoms with Gasteiger partial charge in [0, 0.05) is 31.1 Å². The number of nitrogens with zero attached hydrogens (tertiary/aromatic N) is 3. The molecule has 0 bridgehead atoms. The number of benzene rings is 2. The van der Waals surface area contributed by atoms with Crippen LogP contribution in [0.1, 0.15) is 24.0 Å². The Labute approximate surface area is 164 Å². The van der Waals surface area contributed by atoms with Gasteiger partial charge in [0.2, 0.25) is 11.7 Å². The third kappa shape index (κ3) is 4.22. The zero-order chi connectivity index (χ0) is 19.3. The Morgan fingerprint density at radius 3 is 2.54 bits per heavy atom. The molecule has 0 aliphatic carbocycles. The van der Waals surface area contributed by atoms with Crippen molar-refractivity contribution in [2.75, 3.05) is 18.0 Å². The second-order valence-electron chi connectivity index (χ2n) is 7.23. The standard InChI is InChI=1S/C22H24N4O2/c1-16-7-9-18(10-8-16)20-24-22(28-25-20)26-13-11-19(12-14-26)21(27)23-15-17-5-3-2-4-6-17/h2-10,19H,11-15H2,1H3,(H,23,27). The highest BCUT2D eigenvalue weighted by atomic mass is 16.5. The zero-order valence-corrected chi connectivity index (χ0v) is 16.0. The van der Waals surface area contributed by atoms with E-state index in [1.54, 1.807) is 0 Å². The number of hydrogen-bond donors (Lipinski definition) is 1. The lowest BCUT2D eigenvalue weighted by atomic mass is 9.96. The summed E-state index contributed by atoms with van der Waals surface area (Å²) in [5.41, 5.74) is 3.25. The Kier molecular flexibility index (Phi) is 5.37. The maximum Gasteiger partial charge on any atom is 0.324 e. The lowest BCUT2D eigenvalue weighted by molar-refractivity contribution is -0.125. The lowest BCUT2D eigenvalue weighted by Crippen LogP contribution is -2.40. The van der Waals surface area contributed by atoms with E-state index >= 15 is 0 Å². The first-order valence-corrected chi connectivity index (χ1v) is 9.66. The van der Waals surface area contributed by atoms with Crippen LogP contribution < -0.4 is 10.2 Å². The third-order valence-electron chi connectivity index (χ3n) is 5.17. The van der Waals surface area contributed by atoms with Crippen LogP contribution in [0.2, 0.25) is 0 Å². The van der Waals surface area contributed by atoms with Gasteiger partial charge in [0.05, 0.1) is 0 Å². The Bertz CT molecular complexity index is 913. The van der Waals surface area contributed by atoms with Gasteiger partial charge in [-0.2, -0.15) is 4.98 Å². The number of carbonyl (C=O) groups is 1. The zero-order valence-electron chi connectivity index (χ0n) is 16.0. The average Bonchev–Trinajstić information content (AvgIpc) is 3.24. The van der Waals surface area contributed by atoms with Gasteiger partial charge >= 0.3 is 6.01 Å². The fourth-order valence-corrected chi connectivity index (χ4v) is 3.43. The normalized spacial score (nSPS) is 14.8. The number of hydrogen-bond acceptors (Lipinski definition) is 5. The molecular weight excluding hydrogens is 352 g/mol. The molecule has 1 saturated heterocycles. The molecule has 6 nitrogen and oxygen atoms in total. The molecule has 0 radical (unpaired) electrons. The van der Waals surface area contributed by atoms with E-state index in [2.05, 4.69) is 20.4 Å². The molecule has 2 heterocycles. The van der Waals surface area contributed by atoms with Crippen LogP contribution in [0.3, 0.4) is 0 Å². The van der Waals surface area contributed by atoms with E-state index in [1.807, 2.05) is 61.5 Å². The molecule has 1 aromatic heterocycles. The number of nitrogens with one attached hydrogen (secondary N) is 1. The highest BCUT2D eigenvalue weighted by Crippen LogP contribution is 2.25. The summed E-state index contributed by atoms with van der Waals surface area (Å²) in [5, 5.41) is 7.15. The molecule has 2 aromatic carbocycles. The molecule has 1 N–H and O–H groups in total. The number of carbonyl (C=O) groups excluding carboxylic acids is 1. The minimum absolute atomic E-state index is 0.0273. The molecule has 4 rings (SSSR count). The third-order valence-corrected chi connectivity index (χ3v) is 5.17. The molecule has 0 saturated carbocycles. The van der Waals surface area contributed by atoms with Crippen LogP contribution in [0.25, 0.3) is 11.4 Å². The molecule has 1 amide bonds. The van der Waals surface area contributed by atoms with Crippen LogP contribution in [0, 0.1) is 12.8 Å². The van der Waals surface area contributed by atoms with Gasteiger partial charge in [0.15, 0.2) is 0 Å². The number of aromatic nitrogens is 2. The van der Waals surface area contributed by atoms with Gasteiger partial charge < -0.3 is 14.7 Å². The number of amides is 1. The average molecular weight is 376 g/mol. The molecule has 28 heavy (non-hydrogen) atoms. The number of aryl methyl sites for hydroxylation is 1. The molecule has 0 unspecified atom stereocenters. The van der Waals surface area contributed by atoms with Crippen molar-refractivity contribution >= 4 is 11.9 Å². The van der Waals surface area contributed by atoms with E-state index in [0.717, 1.165) is 37.1 Å². The maximum absolute atomic E-state index is 12.5. The van der Waals surface area contributed by atoms with Crippen molar-refractivity contribution in [3.63, 3.8) is 0 Å². The molecular formula is C22H24N4O2. The molecule has 1 aliphatic rings. The highest BCUT2D eigenvalue weighted by molar-refractivity contribution is 5.78. The van der Waals surface area contributed by atoms with E-state index in [1.165, 1.54) is 5.56 Å². The summed E-state index contributed by atoms with van der Waals surface area (Å²) < 4.78 is 5.45. The fourth-order valence-electron chi connectivity index (χ4n) is 3.43. The quantitative estimate of drug-likeness (QED) is 0.737. The van der Waals surface area contributed by atoms with Crippen molar-refractivity contribution in [1.82, 2.24) is 15.5 Å². The van der Waals surface area contributed by atoms with Gasteiger partial charge in [-0.15, -0.1) is 0 Å². The molecule has 0 atom stereocenters. The summed E-state index contributed by atoms with van der Waals surface area (Å²) in [4.78, 5) is 19.0. The fraction of sp³-hybridized carbons (Fsp3) is 0.318. The predicted octanol–water partition coefficient (Wildman–Crippen LogP) is 3.58. The summed E-state index contributed by atoms with van der Waals surface area (Å²) in [6, 6.07) is 18.6. The first-order valence-electron chi connectivity index (χ1n) is 9.66. The van der Waals surface area contributed by atoms with Crippen LogP contribution in [0.15, 0.2) is 59.1 Å². The SMILES string of the molecule is Cc1ccc(-c2noc(N3CCC(C(=O)NCc4ccccc4)CC3)n2)cc1. The van der Waals surface area contributed by atoms with Crippen molar-refractivity contribution in [2.24, 2.45) is 5.92 Å². The Morgan fingerprint density at radius 2 is 1.82 bits per heavy atom. The maximum atomic E-state index is 12.5. The Morgan fingerprint density at radius 1 is 1.11 bits per heavy atom. The molecule has 6 heteroatoms. The summed E-state index contributed by atoms with van der Waals surface area (Å²) in [7, 11) is 0. The van der Waals surface area contributed by atoms with E-state index < -0.39 is 0 Å². The van der Waals surface area contributed by atoms with E-state index in [-0.39, 0.29) is 11.8 Å². The van der Waals surface area contributed by atoms with Crippen LogP contribution in [-0.2, 0) is 11.3 Å². The molecule has 0 spiro atoms. The van der Waals surface area contributed by atoms with Gasteiger partial charge in [0.25, 0.3) is 0 Å². The minimum atomic E-state index is 0.0273. The van der Waals surface area contributed by atoms with Gasteiger partial charge in [-0.25, -0.2) is 0 Å². The van der Waals surface area contributed by atoms with E-state index in [9.17, 15) is 4.79 Å². The monoisotopic (exact) mass is 376 g/mol. The molecule has 1 aliphatic heterocycles. The van der Waals surface area contributed by atoms with Gasteiger partial charge in [-0.05, 0) is 25.3 Å². The van der Waals surface area contributed by atoms with Crippen LogP contribution in [0.5, 0.6) is 0 Å². The first-order chi connectivity index (χ1) is 13.7. The van der Waals surface area contributed by atoms with Crippen molar-refractivity contribution in [3.05, 3.63) is 65.7 Å². The minimum Gasteiger partial charge on any atom is -0.352 e. The summed E-state index contributed by atoms with van der Waals surface area (Å²) >= 11 is 0. The summed E-state index contributed by atoms with van der Waals surface area (Å²) in [6.45, 7) is 4.09. The molecule has 3 aromatic rings. The van der Waals surface area contributed by atoms with E-state index in [4.69, 9.17) is 4.52 Å². The predicted molar refractivity (Wildman–Crippen MR) is 108 cm³/mol. The van der Waals surface area contributed by atoms with Crippen molar-refractivity contribution in [3.8, 4) is 11.4 Å². The number of piperidine rings is 1. The Balaban J connectivity index is 1.30. The number of anilines is 1. The first kappa shape index (κ1) is 18.2. The van der Waals surface area contributed by atoms with Crippen molar-refractivity contribution in [2.45, 2.75) is 26.3 Å². The largest absolute Gasteiger partial charge is 0.352 e. The van der Waals surface area contributed by atoms with Crippen molar-refractivity contribution in [1.29, 1.82) is 0 Å². The van der Waals surface area contributed by atoms with Gasteiger partial charge in [0.1, 0.15) is 0 Å². The van der Waals surface area contributed by atoms with Crippen LogP contribution >= 0.6 is 0 Å². The van der Waals surface area contributed by atoms with Gasteiger partial charge in [-0.3, -0.25) is 4.79 Å². The smallest absolute Gasteiger partial charge is 0.324 e. The van der Waals surface area contributed by atoms with Crippen molar-refractivity contribution < 1.29 is 9.32 Å². The van der Waals surface area contributed by atoms with Crippen LogP contribution in [-0.4, -0.2) is 29.1 Å². The Hall–Kier alpha value is -3.15. The second kappa shape index (κ2) is 8.25. The second-order valence-corrected chi connectivity index (χ2v) is 7.23. The van der Waals surface area contributed by atoms with Gasteiger partial charge in [-0.1, -0.05) is 65.3 Å². The molecule has 144 valence electrons. The lowest BCUT2D eigenvalue weighted by Gasteiger charge is -2.29. The molecule has 1 fully saturated rings. The summed E-state index contributed by atoms with van der Waals surface area (Å²) in [5.74, 6) is 0.742. The number of rotatable bonds is 5. The topological polar surface area (TPSA) is 71.3 Å². The van der Waals surface area contributed by atoms with E-state index in [0.29, 0.717) is 18.4 Å². The highest BCUT2D eigenvalue weighted by Gasteiger charge is 2.27.